The number of carbonyl (C=O) groups is 2. The van der Waals surface area contributed by atoms with Crippen LogP contribution in [0.2, 0.25) is 5.28 Å². The molecule has 0 aliphatic heterocycles. The van der Waals surface area contributed by atoms with E-state index in [0.717, 1.165) is 4.90 Å². The second-order valence-corrected chi connectivity index (χ2v) is 10.1. The highest BCUT2D eigenvalue weighted by molar-refractivity contribution is 6.28. The van der Waals surface area contributed by atoms with Crippen molar-refractivity contribution in [3.8, 4) is 0 Å². The first kappa shape index (κ1) is 29.5. The second kappa shape index (κ2) is 12.0. The summed E-state index contributed by atoms with van der Waals surface area (Å²) >= 11 is 5.94. The van der Waals surface area contributed by atoms with Gasteiger partial charge in [0.2, 0.25) is 11.2 Å². The predicted octanol–water partition coefficient (Wildman–Crippen LogP) is 5.27. The summed E-state index contributed by atoms with van der Waals surface area (Å²) < 4.78 is 54.4. The molecule has 0 radical (unpaired) electrons. The van der Waals surface area contributed by atoms with E-state index in [1.54, 1.807) is 6.92 Å². The summed E-state index contributed by atoms with van der Waals surface area (Å²) in [6.45, 7) is 1.79. The van der Waals surface area contributed by atoms with E-state index in [0.29, 0.717) is 42.8 Å². The fourth-order valence-corrected chi connectivity index (χ4v) is 5.27. The maximum atomic E-state index is 14.3. The highest BCUT2D eigenvalue weighted by atomic mass is 35.5. The molecular weight excluding hydrogens is 553 g/mol. The summed E-state index contributed by atoms with van der Waals surface area (Å²) in [5.74, 6) is -1.61. The van der Waals surface area contributed by atoms with Gasteiger partial charge in [0, 0.05) is 25.8 Å². The van der Waals surface area contributed by atoms with E-state index in [9.17, 15) is 22.8 Å². The first-order chi connectivity index (χ1) is 18.9. The molecule has 2 aromatic heterocycles. The Morgan fingerprint density at radius 2 is 1.75 bits per heavy atom. The van der Waals surface area contributed by atoms with Gasteiger partial charge in [0.1, 0.15) is 0 Å². The first-order valence-corrected chi connectivity index (χ1v) is 13.0. The van der Waals surface area contributed by atoms with Crippen molar-refractivity contribution in [3.05, 3.63) is 47.0 Å². The first-order valence-electron chi connectivity index (χ1n) is 12.7. The van der Waals surface area contributed by atoms with E-state index in [1.807, 2.05) is 0 Å². The van der Waals surface area contributed by atoms with Gasteiger partial charge in [-0.3, -0.25) is 9.59 Å². The summed E-state index contributed by atoms with van der Waals surface area (Å²) in [6.07, 6.45) is -2.17. The molecule has 40 heavy (non-hydrogen) atoms. The lowest BCUT2D eigenvalue weighted by molar-refractivity contribution is -0.191. The number of nitrogens with zero attached hydrogens (tertiary/aromatic N) is 5. The van der Waals surface area contributed by atoms with Gasteiger partial charge < -0.3 is 19.7 Å². The Hall–Kier alpha value is -3.45. The van der Waals surface area contributed by atoms with Crippen molar-refractivity contribution in [3.63, 3.8) is 0 Å². The molecule has 4 rings (SSSR count). The maximum absolute atomic E-state index is 14.3. The third kappa shape index (κ3) is 6.15. The molecule has 10 nitrogen and oxygen atoms in total. The monoisotopic (exact) mass is 582 g/mol. The van der Waals surface area contributed by atoms with Crippen molar-refractivity contribution in [2.45, 2.75) is 50.9 Å². The number of anilines is 2. The lowest BCUT2D eigenvalue weighted by Gasteiger charge is -2.35. The fraction of sp³-hybridized carbons (Fsp3) is 0.500. The van der Waals surface area contributed by atoms with Gasteiger partial charge in [-0.15, -0.1) is 5.10 Å². The molecule has 0 saturated heterocycles. The van der Waals surface area contributed by atoms with E-state index >= 15 is 0 Å². The zero-order valence-corrected chi connectivity index (χ0v) is 23.2. The van der Waals surface area contributed by atoms with Gasteiger partial charge in [-0.25, -0.2) is 4.98 Å². The smallest absolute Gasteiger partial charge is 0.413 e. The van der Waals surface area contributed by atoms with Crippen LogP contribution in [0.3, 0.4) is 0 Å². The largest absolute Gasteiger partial charge is 0.469 e. The number of benzene rings is 1. The normalized spacial score (nSPS) is 19.2. The average Bonchev–Trinajstić information content (AvgIpc) is 3.32. The standard InChI is InChI=1S/C26H30ClF3N6O4/c1-14(39-3)20-19(13-31-25-33-24(27)34-36(20)25)32-18-11-9-15(10-12-18)21(26(28,29)30)35(2)22(37)16-5-7-17(8-6-16)23(38)40-4/h9-14,16-17,21,32H,5-8H2,1-4H3/t14-,16-,17-,21-/m0/s1. The minimum Gasteiger partial charge on any atom is -0.469 e. The summed E-state index contributed by atoms with van der Waals surface area (Å²) in [7, 11) is 3.99. The molecule has 0 unspecified atom stereocenters. The lowest BCUT2D eigenvalue weighted by Crippen LogP contribution is -2.43. The third-order valence-electron chi connectivity index (χ3n) is 7.28. The molecule has 1 aromatic carbocycles. The average molecular weight is 583 g/mol. The summed E-state index contributed by atoms with van der Waals surface area (Å²) in [5, 5.41) is 7.29. The number of methoxy groups -OCH3 is 2. The van der Waals surface area contributed by atoms with E-state index in [-0.39, 0.29) is 28.5 Å². The number of rotatable bonds is 8. The van der Waals surface area contributed by atoms with E-state index < -0.39 is 30.1 Å². The Balaban J connectivity index is 1.54. The summed E-state index contributed by atoms with van der Waals surface area (Å²) in [5.41, 5.74) is 1.46. The van der Waals surface area contributed by atoms with Crippen LogP contribution in [0.5, 0.6) is 0 Å². The van der Waals surface area contributed by atoms with Gasteiger partial charge in [-0.2, -0.15) is 22.7 Å². The lowest BCUT2D eigenvalue weighted by atomic mass is 9.81. The summed E-state index contributed by atoms with van der Waals surface area (Å²) in [6, 6.07) is 3.51. The van der Waals surface area contributed by atoms with Gasteiger partial charge in [0.05, 0.1) is 36.7 Å². The summed E-state index contributed by atoms with van der Waals surface area (Å²) in [4.78, 5) is 33.9. The van der Waals surface area contributed by atoms with Crippen LogP contribution in [0.4, 0.5) is 24.5 Å². The number of alkyl halides is 3. The number of hydrogen-bond acceptors (Lipinski definition) is 8. The minimum absolute atomic E-state index is 0.00641. The van der Waals surface area contributed by atoms with Crippen LogP contribution in [0.15, 0.2) is 30.5 Å². The van der Waals surface area contributed by atoms with Crippen LogP contribution in [-0.2, 0) is 19.1 Å². The highest BCUT2D eigenvalue weighted by Gasteiger charge is 2.46. The predicted molar refractivity (Wildman–Crippen MR) is 140 cm³/mol. The Morgan fingerprint density at radius 1 is 1.12 bits per heavy atom. The van der Waals surface area contributed by atoms with Crippen LogP contribution in [0, 0.1) is 11.8 Å². The second-order valence-electron chi connectivity index (χ2n) is 9.74. The number of halogens is 4. The van der Waals surface area contributed by atoms with Gasteiger partial charge in [0.15, 0.2) is 6.04 Å². The fourth-order valence-electron chi connectivity index (χ4n) is 5.12. The van der Waals surface area contributed by atoms with Gasteiger partial charge in [0.25, 0.3) is 5.78 Å². The minimum atomic E-state index is -4.70. The topological polar surface area (TPSA) is 111 Å². The van der Waals surface area contributed by atoms with Gasteiger partial charge in [-0.1, -0.05) is 12.1 Å². The van der Waals surface area contributed by atoms with Crippen molar-refractivity contribution in [2.24, 2.45) is 11.8 Å². The number of fused-ring (bicyclic) bond motifs is 1. The van der Waals surface area contributed by atoms with E-state index in [4.69, 9.17) is 21.1 Å². The van der Waals surface area contributed by atoms with Crippen molar-refractivity contribution in [2.75, 3.05) is 26.6 Å². The van der Waals surface area contributed by atoms with E-state index in [2.05, 4.69) is 20.4 Å². The number of amides is 1. The molecule has 0 spiro atoms. The third-order valence-corrected chi connectivity index (χ3v) is 7.44. The van der Waals surface area contributed by atoms with E-state index in [1.165, 1.54) is 56.2 Å². The maximum Gasteiger partial charge on any atom is 0.413 e. The molecule has 14 heteroatoms. The van der Waals surface area contributed by atoms with Crippen LogP contribution in [0.25, 0.3) is 5.78 Å². The van der Waals surface area contributed by atoms with Crippen LogP contribution >= 0.6 is 11.6 Å². The molecule has 3 aromatic rings. The van der Waals surface area contributed by atoms with Crippen molar-refractivity contribution < 1.29 is 32.2 Å². The van der Waals surface area contributed by atoms with Gasteiger partial charge in [-0.05, 0) is 61.9 Å². The molecule has 1 amide bonds. The Morgan fingerprint density at radius 3 is 2.33 bits per heavy atom. The molecule has 2 heterocycles. The zero-order valence-electron chi connectivity index (χ0n) is 22.4. The zero-order chi connectivity index (χ0) is 29.2. The molecule has 0 bridgehead atoms. The molecule has 1 N–H and O–H groups in total. The molecule has 1 aliphatic carbocycles. The number of nitrogens with one attached hydrogen (secondary N) is 1. The molecule has 216 valence electrons. The quantitative estimate of drug-likeness (QED) is 0.358. The van der Waals surface area contributed by atoms with Crippen molar-refractivity contribution >= 4 is 40.6 Å². The molecule has 1 saturated carbocycles. The van der Waals surface area contributed by atoms with Crippen molar-refractivity contribution in [1.29, 1.82) is 0 Å². The Bertz CT molecular complexity index is 1360. The van der Waals surface area contributed by atoms with Crippen LogP contribution in [-0.4, -0.2) is 63.8 Å². The number of aromatic nitrogens is 4. The van der Waals surface area contributed by atoms with Crippen molar-refractivity contribution in [1.82, 2.24) is 24.5 Å². The van der Waals surface area contributed by atoms with Crippen LogP contribution in [0.1, 0.15) is 56.0 Å². The Labute approximate surface area is 233 Å². The number of ether oxygens (including phenoxy) is 2. The molecule has 2 atom stereocenters. The highest BCUT2D eigenvalue weighted by Crippen LogP contribution is 2.40. The Kier molecular flexibility index (Phi) is 8.83. The number of carbonyl (C=O) groups excluding carboxylic acids is 2. The molecule has 1 fully saturated rings. The van der Waals surface area contributed by atoms with Crippen LogP contribution < -0.4 is 5.32 Å². The molecular formula is C26H30ClF3N6O4. The molecule has 1 aliphatic rings. The number of esters is 1. The van der Waals surface area contributed by atoms with Gasteiger partial charge >= 0.3 is 12.1 Å². The number of hydrogen-bond donors (Lipinski definition) is 1. The SMILES string of the molecule is COC(=O)[C@H]1CC[C@H](C(=O)N(C)[C@@H](c2ccc(Nc3cnc4nc(Cl)nn4c3[C@H](C)OC)cc2)C(F)(F)F)CC1.